The fourth-order valence-electron chi connectivity index (χ4n) is 2.86. The van der Waals surface area contributed by atoms with E-state index in [-0.39, 0.29) is 18.1 Å². The Morgan fingerprint density at radius 1 is 1.29 bits per heavy atom. The first-order chi connectivity index (χ1) is 13.5. The Morgan fingerprint density at radius 3 is 2.86 bits per heavy atom. The molecule has 0 bridgehead atoms. The van der Waals surface area contributed by atoms with Gasteiger partial charge in [0.15, 0.2) is 0 Å². The molecule has 28 heavy (non-hydrogen) atoms. The van der Waals surface area contributed by atoms with Crippen LogP contribution in [0.2, 0.25) is 0 Å². The molecule has 7 nitrogen and oxygen atoms in total. The highest BCUT2D eigenvalue weighted by Crippen LogP contribution is 2.30. The number of primary amides is 1. The Bertz CT molecular complexity index is 1010. The first-order valence-electron chi connectivity index (χ1n) is 8.82. The van der Waals surface area contributed by atoms with Gasteiger partial charge in [-0.25, -0.2) is 14.4 Å². The Morgan fingerprint density at radius 2 is 2.11 bits per heavy atom. The quantitative estimate of drug-likeness (QED) is 0.517. The summed E-state index contributed by atoms with van der Waals surface area (Å²) in [5.74, 6) is 0.468. The number of carbonyl (C=O) groups excluding carboxylic acids is 1. The molecule has 0 saturated heterocycles. The van der Waals surface area contributed by atoms with Crippen LogP contribution >= 0.6 is 0 Å². The first kappa shape index (κ1) is 19.5. The SMILES string of the molecule is COc1cc2ncnc(Nc3cccc(C)c3F)c2cc1CNCCC(N)=O. The number of rotatable bonds is 8. The van der Waals surface area contributed by atoms with Crippen LogP contribution in [0.5, 0.6) is 5.75 Å². The van der Waals surface area contributed by atoms with Gasteiger partial charge < -0.3 is 21.1 Å². The number of anilines is 2. The molecular formula is C20H22FN5O2. The van der Waals surface area contributed by atoms with E-state index in [2.05, 4.69) is 20.6 Å². The van der Waals surface area contributed by atoms with Gasteiger partial charge in [0.1, 0.15) is 23.7 Å². The van der Waals surface area contributed by atoms with Crippen molar-refractivity contribution in [3.05, 3.63) is 53.6 Å². The monoisotopic (exact) mass is 383 g/mol. The van der Waals surface area contributed by atoms with Crippen LogP contribution in [0.4, 0.5) is 15.9 Å². The second-order valence-corrected chi connectivity index (χ2v) is 6.36. The van der Waals surface area contributed by atoms with Crippen LogP contribution in [0.1, 0.15) is 17.5 Å². The minimum absolute atomic E-state index is 0.248. The van der Waals surface area contributed by atoms with Crippen LogP contribution in [-0.4, -0.2) is 29.5 Å². The highest BCUT2D eigenvalue weighted by molar-refractivity contribution is 5.92. The Kier molecular flexibility index (Phi) is 6.00. The predicted molar refractivity (Wildman–Crippen MR) is 106 cm³/mol. The number of aromatic nitrogens is 2. The molecule has 2 aromatic carbocycles. The van der Waals surface area contributed by atoms with Gasteiger partial charge in [-0.05, 0) is 24.6 Å². The van der Waals surface area contributed by atoms with Gasteiger partial charge >= 0.3 is 0 Å². The molecule has 0 spiro atoms. The summed E-state index contributed by atoms with van der Waals surface area (Å²) >= 11 is 0. The standard InChI is InChI=1S/C20H22FN5O2/c1-12-4-3-5-15(19(12)21)26-20-14-8-13(10-23-7-6-18(22)27)17(28-2)9-16(14)24-11-25-20/h3-5,8-9,11,23H,6-7,10H2,1-2H3,(H2,22,27)(H,24,25,26). The number of methoxy groups -OCH3 is 1. The van der Waals surface area contributed by atoms with Crippen LogP contribution < -0.4 is 21.1 Å². The number of benzene rings is 2. The number of nitrogens with one attached hydrogen (secondary N) is 2. The minimum Gasteiger partial charge on any atom is -0.496 e. The molecule has 0 saturated carbocycles. The number of aryl methyl sites for hydroxylation is 1. The molecule has 0 aliphatic heterocycles. The highest BCUT2D eigenvalue weighted by Gasteiger charge is 2.12. The Labute approximate surface area is 162 Å². The molecule has 0 aliphatic rings. The van der Waals surface area contributed by atoms with Gasteiger partial charge in [-0.2, -0.15) is 0 Å². The minimum atomic E-state index is -0.363. The number of halogens is 1. The van der Waals surface area contributed by atoms with Crippen LogP contribution in [0.15, 0.2) is 36.7 Å². The Hall–Kier alpha value is -3.26. The molecule has 0 atom stereocenters. The van der Waals surface area contributed by atoms with E-state index in [1.54, 1.807) is 38.3 Å². The smallest absolute Gasteiger partial charge is 0.218 e. The fourth-order valence-corrected chi connectivity index (χ4v) is 2.86. The maximum atomic E-state index is 14.4. The molecule has 0 radical (unpaired) electrons. The van der Waals surface area contributed by atoms with E-state index in [1.165, 1.54) is 6.33 Å². The number of hydrogen-bond acceptors (Lipinski definition) is 6. The lowest BCUT2D eigenvalue weighted by atomic mass is 10.1. The summed E-state index contributed by atoms with van der Waals surface area (Å²) in [4.78, 5) is 19.4. The van der Waals surface area contributed by atoms with E-state index in [9.17, 15) is 9.18 Å². The van der Waals surface area contributed by atoms with Crippen molar-refractivity contribution in [2.75, 3.05) is 19.0 Å². The van der Waals surface area contributed by atoms with Crippen molar-refractivity contribution in [1.82, 2.24) is 15.3 Å². The van der Waals surface area contributed by atoms with Crippen molar-refractivity contribution in [3.8, 4) is 5.75 Å². The largest absolute Gasteiger partial charge is 0.496 e. The highest BCUT2D eigenvalue weighted by atomic mass is 19.1. The molecular weight excluding hydrogens is 361 g/mol. The van der Waals surface area contributed by atoms with Gasteiger partial charge in [0.05, 0.1) is 18.3 Å². The van der Waals surface area contributed by atoms with Crippen LogP contribution in [-0.2, 0) is 11.3 Å². The van der Waals surface area contributed by atoms with Crippen molar-refractivity contribution in [2.45, 2.75) is 19.9 Å². The number of carbonyl (C=O) groups is 1. The summed E-state index contributed by atoms with van der Waals surface area (Å²) in [5.41, 5.74) is 7.58. The molecule has 1 aromatic heterocycles. The number of hydrogen-bond donors (Lipinski definition) is 3. The number of fused-ring (bicyclic) bond motifs is 1. The third-order valence-corrected chi connectivity index (χ3v) is 4.35. The molecule has 3 aromatic rings. The average Bonchev–Trinajstić information content (AvgIpc) is 2.68. The topological polar surface area (TPSA) is 102 Å². The van der Waals surface area contributed by atoms with Gasteiger partial charge in [0, 0.05) is 36.5 Å². The van der Waals surface area contributed by atoms with E-state index in [0.717, 1.165) is 10.9 Å². The van der Waals surface area contributed by atoms with Crippen LogP contribution in [0, 0.1) is 12.7 Å². The molecule has 146 valence electrons. The van der Waals surface area contributed by atoms with Crippen LogP contribution in [0.25, 0.3) is 10.9 Å². The van der Waals surface area contributed by atoms with Crippen molar-refractivity contribution in [2.24, 2.45) is 5.73 Å². The molecule has 3 rings (SSSR count). The van der Waals surface area contributed by atoms with Crippen molar-refractivity contribution < 1.29 is 13.9 Å². The number of ether oxygens (including phenoxy) is 1. The molecule has 1 amide bonds. The zero-order valence-corrected chi connectivity index (χ0v) is 15.8. The summed E-state index contributed by atoms with van der Waals surface area (Å²) < 4.78 is 19.8. The molecule has 1 heterocycles. The summed E-state index contributed by atoms with van der Waals surface area (Å²) in [5, 5.41) is 6.94. The van der Waals surface area contributed by atoms with E-state index in [1.807, 2.05) is 6.07 Å². The van der Waals surface area contributed by atoms with E-state index in [0.29, 0.717) is 41.4 Å². The van der Waals surface area contributed by atoms with Gasteiger partial charge in [-0.15, -0.1) is 0 Å². The summed E-state index contributed by atoms with van der Waals surface area (Å²) in [6.45, 7) is 2.64. The van der Waals surface area contributed by atoms with Crippen molar-refractivity contribution in [1.29, 1.82) is 0 Å². The zero-order valence-electron chi connectivity index (χ0n) is 15.8. The third kappa shape index (κ3) is 4.34. The van der Waals surface area contributed by atoms with Crippen molar-refractivity contribution in [3.63, 3.8) is 0 Å². The normalized spacial score (nSPS) is 10.8. The molecule has 0 unspecified atom stereocenters. The van der Waals surface area contributed by atoms with Gasteiger partial charge in [0.25, 0.3) is 0 Å². The van der Waals surface area contributed by atoms with Crippen molar-refractivity contribution >= 4 is 28.3 Å². The molecule has 4 N–H and O–H groups in total. The van der Waals surface area contributed by atoms with E-state index in [4.69, 9.17) is 10.5 Å². The first-order valence-corrected chi connectivity index (χ1v) is 8.82. The molecule has 0 fully saturated rings. The van der Waals surface area contributed by atoms with Gasteiger partial charge in [-0.3, -0.25) is 4.79 Å². The third-order valence-electron chi connectivity index (χ3n) is 4.35. The van der Waals surface area contributed by atoms with Crippen LogP contribution in [0.3, 0.4) is 0 Å². The summed E-state index contributed by atoms with van der Waals surface area (Å²) in [6.07, 6.45) is 1.67. The van der Waals surface area contributed by atoms with Gasteiger partial charge in [0.2, 0.25) is 5.91 Å². The molecule has 8 heteroatoms. The summed E-state index contributed by atoms with van der Waals surface area (Å²) in [7, 11) is 1.58. The second kappa shape index (κ2) is 8.62. The second-order valence-electron chi connectivity index (χ2n) is 6.36. The predicted octanol–water partition coefficient (Wildman–Crippen LogP) is 2.79. The Balaban J connectivity index is 1.94. The lowest BCUT2D eigenvalue weighted by Crippen LogP contribution is -2.21. The fraction of sp³-hybridized carbons (Fsp3) is 0.250. The zero-order chi connectivity index (χ0) is 20.1. The number of nitrogens with two attached hydrogens (primary N) is 1. The van der Waals surface area contributed by atoms with E-state index >= 15 is 0 Å². The number of nitrogens with zero attached hydrogens (tertiary/aromatic N) is 2. The maximum Gasteiger partial charge on any atom is 0.218 e. The van der Waals surface area contributed by atoms with Gasteiger partial charge in [-0.1, -0.05) is 12.1 Å². The van der Waals surface area contributed by atoms with E-state index < -0.39 is 0 Å². The molecule has 0 aliphatic carbocycles. The number of amides is 1. The summed E-state index contributed by atoms with van der Waals surface area (Å²) in [6, 6.07) is 8.84. The lowest BCUT2D eigenvalue weighted by molar-refractivity contribution is -0.117. The lowest BCUT2D eigenvalue weighted by Gasteiger charge is -2.14. The maximum absolute atomic E-state index is 14.4. The average molecular weight is 383 g/mol.